The largest absolute Gasteiger partial charge is 0.462 e. The number of esters is 1. The Hall–Kier alpha value is -3.42. The highest BCUT2D eigenvalue weighted by molar-refractivity contribution is 5.99. The number of amides is 1. The predicted molar refractivity (Wildman–Crippen MR) is 86.6 cm³/mol. The minimum Gasteiger partial charge on any atom is -0.462 e. The molecule has 0 spiro atoms. The number of nitrogens with zero attached hydrogens (tertiary/aromatic N) is 1. The molecule has 8 nitrogen and oxygen atoms in total. The van der Waals surface area contributed by atoms with Crippen LogP contribution < -0.4 is 10.9 Å². The molecule has 2 aromatic rings. The molecule has 0 unspecified atom stereocenters. The number of carbonyl (C=O) groups is 2. The van der Waals surface area contributed by atoms with Gasteiger partial charge in [-0.15, -0.1) is 0 Å². The van der Waals surface area contributed by atoms with Gasteiger partial charge in [-0.25, -0.2) is 4.79 Å². The lowest BCUT2D eigenvalue weighted by molar-refractivity contribution is -0.384. The zero-order chi connectivity index (χ0) is 17.5. The van der Waals surface area contributed by atoms with Crippen molar-refractivity contribution in [3.63, 3.8) is 0 Å². The zero-order valence-electron chi connectivity index (χ0n) is 12.8. The number of para-hydroxylation sites is 1. The summed E-state index contributed by atoms with van der Waals surface area (Å²) < 4.78 is 4.82. The number of nitro groups is 1. The van der Waals surface area contributed by atoms with E-state index in [4.69, 9.17) is 4.74 Å². The highest BCUT2D eigenvalue weighted by Crippen LogP contribution is 2.18. The quantitative estimate of drug-likeness (QED) is 0.478. The molecule has 0 bridgehead atoms. The lowest BCUT2D eigenvalue weighted by atomic mass is 10.1. The SMILES string of the molecule is CCOC(=O)c1cc(C(=O)NNc2ccccc2)cc([N+](=O)[O-])c1. The topological polar surface area (TPSA) is 111 Å². The summed E-state index contributed by atoms with van der Waals surface area (Å²) in [6.45, 7) is 1.74. The lowest BCUT2D eigenvalue weighted by Crippen LogP contribution is -2.29. The maximum atomic E-state index is 12.2. The molecule has 2 aromatic carbocycles. The summed E-state index contributed by atoms with van der Waals surface area (Å²) in [5, 5.41) is 11.0. The van der Waals surface area contributed by atoms with Crippen LogP contribution in [0.2, 0.25) is 0 Å². The second-order valence-corrected chi connectivity index (χ2v) is 4.69. The van der Waals surface area contributed by atoms with Gasteiger partial charge in [0, 0.05) is 17.7 Å². The Labute approximate surface area is 137 Å². The minimum absolute atomic E-state index is 0.0318. The summed E-state index contributed by atoms with van der Waals surface area (Å²) in [5.41, 5.74) is 5.28. The van der Waals surface area contributed by atoms with E-state index in [1.807, 2.05) is 6.07 Å². The van der Waals surface area contributed by atoms with Gasteiger partial charge in [0.15, 0.2) is 0 Å². The second-order valence-electron chi connectivity index (χ2n) is 4.69. The van der Waals surface area contributed by atoms with Gasteiger partial charge >= 0.3 is 5.97 Å². The Morgan fingerprint density at radius 2 is 1.79 bits per heavy atom. The van der Waals surface area contributed by atoms with Gasteiger partial charge in [0.2, 0.25) is 0 Å². The fourth-order valence-corrected chi connectivity index (χ4v) is 1.90. The van der Waals surface area contributed by atoms with E-state index in [0.29, 0.717) is 5.69 Å². The van der Waals surface area contributed by atoms with Crippen LogP contribution in [0.25, 0.3) is 0 Å². The number of hydrazine groups is 1. The molecule has 0 aromatic heterocycles. The summed E-state index contributed by atoms with van der Waals surface area (Å²) in [5.74, 6) is -1.35. The normalized spacial score (nSPS) is 9.88. The van der Waals surface area contributed by atoms with Gasteiger partial charge in [-0.1, -0.05) is 18.2 Å². The van der Waals surface area contributed by atoms with Crippen LogP contribution in [0.4, 0.5) is 11.4 Å². The number of carbonyl (C=O) groups excluding carboxylic acids is 2. The number of anilines is 1. The molecule has 124 valence electrons. The van der Waals surface area contributed by atoms with Crippen molar-refractivity contribution in [3.8, 4) is 0 Å². The number of rotatable bonds is 6. The van der Waals surface area contributed by atoms with Crippen LogP contribution in [0.1, 0.15) is 27.6 Å². The van der Waals surface area contributed by atoms with E-state index in [1.165, 1.54) is 6.07 Å². The van der Waals surface area contributed by atoms with Crippen molar-refractivity contribution in [1.29, 1.82) is 0 Å². The molecule has 0 aliphatic carbocycles. The molecule has 2 rings (SSSR count). The summed E-state index contributed by atoms with van der Waals surface area (Å²) in [6, 6.07) is 12.2. The van der Waals surface area contributed by atoms with E-state index in [-0.39, 0.29) is 23.4 Å². The average molecular weight is 329 g/mol. The van der Waals surface area contributed by atoms with Gasteiger partial charge in [0.05, 0.1) is 22.8 Å². The van der Waals surface area contributed by atoms with Crippen LogP contribution >= 0.6 is 0 Å². The van der Waals surface area contributed by atoms with Crippen molar-refractivity contribution in [2.24, 2.45) is 0 Å². The van der Waals surface area contributed by atoms with Crippen molar-refractivity contribution in [2.75, 3.05) is 12.0 Å². The van der Waals surface area contributed by atoms with E-state index in [0.717, 1.165) is 12.1 Å². The molecule has 0 saturated heterocycles. The number of benzene rings is 2. The first-order valence-electron chi connectivity index (χ1n) is 7.09. The van der Waals surface area contributed by atoms with Crippen LogP contribution in [0, 0.1) is 10.1 Å². The van der Waals surface area contributed by atoms with Gasteiger partial charge in [-0.3, -0.25) is 25.8 Å². The summed E-state index contributed by atoms with van der Waals surface area (Å²) in [7, 11) is 0. The molecular formula is C16H15N3O5. The van der Waals surface area contributed by atoms with Crippen molar-refractivity contribution >= 4 is 23.3 Å². The van der Waals surface area contributed by atoms with Crippen LogP contribution in [-0.4, -0.2) is 23.4 Å². The van der Waals surface area contributed by atoms with Crippen LogP contribution in [-0.2, 0) is 4.74 Å². The van der Waals surface area contributed by atoms with Crippen molar-refractivity contribution in [2.45, 2.75) is 6.92 Å². The second kappa shape index (κ2) is 7.73. The standard InChI is InChI=1S/C16H15N3O5/c1-2-24-16(21)12-8-11(9-14(10-12)19(22)23)15(20)18-17-13-6-4-3-5-7-13/h3-10,17H,2H2,1H3,(H,18,20). The first-order valence-corrected chi connectivity index (χ1v) is 7.09. The predicted octanol–water partition coefficient (Wildman–Crippen LogP) is 2.53. The maximum absolute atomic E-state index is 12.2. The van der Waals surface area contributed by atoms with Gasteiger partial charge in [-0.05, 0) is 25.1 Å². The number of non-ortho nitro benzene ring substituents is 1. The van der Waals surface area contributed by atoms with E-state index >= 15 is 0 Å². The molecule has 24 heavy (non-hydrogen) atoms. The van der Waals surface area contributed by atoms with Gasteiger partial charge in [-0.2, -0.15) is 0 Å². The molecule has 0 atom stereocenters. The summed E-state index contributed by atoms with van der Waals surface area (Å²) in [4.78, 5) is 34.3. The first kappa shape index (κ1) is 16.9. The molecule has 8 heteroatoms. The zero-order valence-corrected chi connectivity index (χ0v) is 12.8. The van der Waals surface area contributed by atoms with Crippen molar-refractivity contribution < 1.29 is 19.2 Å². The number of hydrogen-bond donors (Lipinski definition) is 2. The minimum atomic E-state index is -0.730. The summed E-state index contributed by atoms with van der Waals surface area (Å²) in [6.07, 6.45) is 0. The maximum Gasteiger partial charge on any atom is 0.338 e. The van der Waals surface area contributed by atoms with E-state index in [1.54, 1.807) is 31.2 Å². The summed E-state index contributed by atoms with van der Waals surface area (Å²) >= 11 is 0. The van der Waals surface area contributed by atoms with Crippen LogP contribution in [0.3, 0.4) is 0 Å². The van der Waals surface area contributed by atoms with E-state index < -0.39 is 16.8 Å². The number of nitrogens with one attached hydrogen (secondary N) is 2. The molecule has 1 amide bonds. The third-order valence-electron chi connectivity index (χ3n) is 3.00. The highest BCUT2D eigenvalue weighted by Gasteiger charge is 2.18. The molecule has 0 saturated carbocycles. The average Bonchev–Trinajstić information content (AvgIpc) is 2.60. The Morgan fingerprint density at radius 1 is 1.12 bits per heavy atom. The molecule has 0 fully saturated rings. The molecule has 0 radical (unpaired) electrons. The molecule has 2 N–H and O–H groups in total. The van der Waals surface area contributed by atoms with Gasteiger partial charge < -0.3 is 4.74 Å². The van der Waals surface area contributed by atoms with Gasteiger partial charge in [0.1, 0.15) is 0 Å². The Morgan fingerprint density at radius 3 is 2.42 bits per heavy atom. The highest BCUT2D eigenvalue weighted by atomic mass is 16.6. The molecular weight excluding hydrogens is 314 g/mol. The third-order valence-corrected chi connectivity index (χ3v) is 3.00. The molecule has 0 aliphatic rings. The third kappa shape index (κ3) is 4.29. The van der Waals surface area contributed by atoms with Crippen LogP contribution in [0.15, 0.2) is 48.5 Å². The van der Waals surface area contributed by atoms with Crippen molar-refractivity contribution in [3.05, 3.63) is 69.8 Å². The Kier molecular flexibility index (Phi) is 5.45. The molecule has 0 aliphatic heterocycles. The number of ether oxygens (including phenoxy) is 1. The Bertz CT molecular complexity index is 762. The first-order chi connectivity index (χ1) is 11.5. The number of hydrogen-bond acceptors (Lipinski definition) is 6. The fourth-order valence-electron chi connectivity index (χ4n) is 1.90. The monoisotopic (exact) mass is 329 g/mol. The van der Waals surface area contributed by atoms with Crippen LogP contribution in [0.5, 0.6) is 0 Å². The van der Waals surface area contributed by atoms with E-state index in [9.17, 15) is 19.7 Å². The number of nitro benzene ring substituents is 1. The lowest BCUT2D eigenvalue weighted by Gasteiger charge is -2.09. The van der Waals surface area contributed by atoms with Gasteiger partial charge in [0.25, 0.3) is 11.6 Å². The smallest absolute Gasteiger partial charge is 0.338 e. The Balaban J connectivity index is 2.22. The fraction of sp³-hybridized carbons (Fsp3) is 0.125. The molecule has 0 heterocycles. The van der Waals surface area contributed by atoms with E-state index in [2.05, 4.69) is 10.9 Å². The van der Waals surface area contributed by atoms with Crippen molar-refractivity contribution in [1.82, 2.24) is 5.43 Å².